The fraction of sp³-hybridized carbons (Fsp3) is 0.269. The highest BCUT2D eigenvalue weighted by Gasteiger charge is 2.17. The molecule has 1 aromatic heterocycles. The van der Waals surface area contributed by atoms with Gasteiger partial charge in [0, 0.05) is 44.8 Å². The number of para-hydroxylation sites is 1. The zero-order chi connectivity index (χ0) is 24.5. The number of amides is 1. The predicted molar refractivity (Wildman–Crippen MR) is 138 cm³/mol. The van der Waals surface area contributed by atoms with Crippen molar-refractivity contribution < 1.29 is 19.1 Å². The molecule has 0 aliphatic carbocycles. The first kappa shape index (κ1) is 24.4. The number of hydrazone groups is 1. The van der Waals surface area contributed by atoms with Crippen molar-refractivity contribution in [3.8, 4) is 11.5 Å². The molecule has 0 radical (unpaired) electrons. The van der Waals surface area contributed by atoms with Crippen LogP contribution in [0.5, 0.6) is 11.5 Å². The third kappa shape index (κ3) is 6.91. The molecule has 4 rings (SSSR count). The highest BCUT2D eigenvalue weighted by atomic mass is 32.1. The van der Waals surface area contributed by atoms with Crippen LogP contribution in [0.2, 0.25) is 0 Å². The monoisotopic (exact) mass is 492 g/mol. The first-order valence-corrected chi connectivity index (χ1v) is 12.3. The number of methoxy groups -OCH3 is 1. The molecule has 1 aliphatic rings. The van der Waals surface area contributed by atoms with E-state index in [9.17, 15) is 9.59 Å². The molecule has 0 bridgehead atoms. The largest absolute Gasteiger partial charge is 0.493 e. The average molecular weight is 493 g/mol. The van der Waals surface area contributed by atoms with Gasteiger partial charge < -0.3 is 14.4 Å². The van der Waals surface area contributed by atoms with Gasteiger partial charge in [-0.2, -0.15) is 5.10 Å². The Labute approximate surface area is 208 Å². The van der Waals surface area contributed by atoms with Crippen molar-refractivity contribution in [1.82, 2.24) is 10.3 Å². The number of hydrogen-bond donors (Lipinski definition) is 1. The van der Waals surface area contributed by atoms with Gasteiger partial charge >= 0.3 is 5.97 Å². The van der Waals surface area contributed by atoms with E-state index in [-0.39, 0.29) is 5.91 Å². The van der Waals surface area contributed by atoms with Crippen LogP contribution in [0.15, 0.2) is 71.1 Å². The van der Waals surface area contributed by atoms with E-state index in [1.807, 2.05) is 11.4 Å². The van der Waals surface area contributed by atoms with E-state index in [0.29, 0.717) is 34.9 Å². The number of nitrogens with one attached hydrogen (secondary N) is 1. The van der Waals surface area contributed by atoms with E-state index in [2.05, 4.69) is 44.6 Å². The summed E-state index contributed by atoms with van der Waals surface area (Å²) in [6, 6.07) is 19.0. The Morgan fingerprint density at radius 3 is 2.54 bits per heavy atom. The van der Waals surface area contributed by atoms with Crippen molar-refractivity contribution in [3.05, 3.63) is 76.5 Å². The topological polar surface area (TPSA) is 83.5 Å². The first-order chi connectivity index (χ1) is 17.1. The number of anilines is 1. The molecule has 2 aromatic carbocycles. The van der Waals surface area contributed by atoms with Gasteiger partial charge in [0.25, 0.3) is 0 Å². The van der Waals surface area contributed by atoms with Gasteiger partial charge in [0.1, 0.15) is 4.88 Å². The Hall–Kier alpha value is -3.69. The summed E-state index contributed by atoms with van der Waals surface area (Å²) in [6.07, 6.45) is 1.91. The number of piperazine rings is 1. The SMILES string of the molecule is COc1cc(/C=N\NC(=O)CCN2CCN(c3ccccc3)CC2)ccc1OC(=O)c1cccs1. The fourth-order valence-electron chi connectivity index (χ4n) is 3.76. The molecule has 8 nitrogen and oxygen atoms in total. The Kier molecular flexibility index (Phi) is 8.48. The Morgan fingerprint density at radius 2 is 1.83 bits per heavy atom. The number of carbonyl (C=O) groups excluding carboxylic acids is 2. The number of carbonyl (C=O) groups is 2. The van der Waals surface area contributed by atoms with Crippen LogP contribution in [0.1, 0.15) is 21.7 Å². The lowest BCUT2D eigenvalue weighted by Crippen LogP contribution is -2.47. The molecule has 1 saturated heterocycles. The molecule has 182 valence electrons. The van der Waals surface area contributed by atoms with Gasteiger partial charge in [-0.05, 0) is 47.3 Å². The van der Waals surface area contributed by atoms with Gasteiger partial charge in [0.15, 0.2) is 11.5 Å². The van der Waals surface area contributed by atoms with E-state index in [4.69, 9.17) is 9.47 Å². The maximum Gasteiger partial charge on any atom is 0.353 e. The Morgan fingerprint density at radius 1 is 1.03 bits per heavy atom. The lowest BCUT2D eigenvalue weighted by Gasteiger charge is -2.36. The quantitative estimate of drug-likeness (QED) is 0.213. The predicted octanol–water partition coefficient (Wildman–Crippen LogP) is 3.64. The van der Waals surface area contributed by atoms with Crippen molar-refractivity contribution in [2.24, 2.45) is 5.10 Å². The molecule has 1 fully saturated rings. The van der Waals surface area contributed by atoms with Crippen LogP contribution in [-0.2, 0) is 4.79 Å². The number of thiophene rings is 1. The zero-order valence-electron chi connectivity index (χ0n) is 19.6. The van der Waals surface area contributed by atoms with Crippen LogP contribution < -0.4 is 19.8 Å². The van der Waals surface area contributed by atoms with Crippen molar-refractivity contribution in [1.29, 1.82) is 0 Å². The van der Waals surface area contributed by atoms with E-state index >= 15 is 0 Å². The Bertz CT molecular complexity index is 1140. The number of esters is 1. The second-order valence-corrected chi connectivity index (χ2v) is 8.93. The van der Waals surface area contributed by atoms with Crippen LogP contribution >= 0.6 is 11.3 Å². The van der Waals surface area contributed by atoms with Crippen LogP contribution in [0.4, 0.5) is 5.69 Å². The highest BCUT2D eigenvalue weighted by Crippen LogP contribution is 2.28. The first-order valence-electron chi connectivity index (χ1n) is 11.4. The summed E-state index contributed by atoms with van der Waals surface area (Å²) in [5.41, 5.74) is 4.52. The van der Waals surface area contributed by atoms with Crippen molar-refractivity contribution in [3.63, 3.8) is 0 Å². The molecule has 0 spiro atoms. The molecule has 0 unspecified atom stereocenters. The third-order valence-corrected chi connectivity index (χ3v) is 6.51. The number of rotatable bonds is 9. The highest BCUT2D eigenvalue weighted by molar-refractivity contribution is 7.12. The van der Waals surface area contributed by atoms with Gasteiger partial charge in [-0.25, -0.2) is 10.2 Å². The normalized spacial score (nSPS) is 14.1. The number of hydrogen-bond acceptors (Lipinski definition) is 8. The van der Waals surface area contributed by atoms with E-state index in [1.54, 1.807) is 30.3 Å². The van der Waals surface area contributed by atoms with E-state index < -0.39 is 5.97 Å². The number of benzene rings is 2. The molecule has 1 aliphatic heterocycles. The third-order valence-electron chi connectivity index (χ3n) is 5.66. The summed E-state index contributed by atoms with van der Waals surface area (Å²) >= 11 is 1.31. The van der Waals surface area contributed by atoms with Gasteiger partial charge in [-0.1, -0.05) is 24.3 Å². The average Bonchev–Trinajstić information content (AvgIpc) is 3.44. The minimum Gasteiger partial charge on any atom is -0.493 e. The van der Waals surface area contributed by atoms with Crippen LogP contribution in [-0.4, -0.2) is 62.8 Å². The molecule has 35 heavy (non-hydrogen) atoms. The summed E-state index contributed by atoms with van der Waals surface area (Å²) in [4.78, 5) is 29.6. The minimum atomic E-state index is -0.437. The van der Waals surface area contributed by atoms with Gasteiger partial charge in [0.05, 0.1) is 13.3 Å². The van der Waals surface area contributed by atoms with E-state index in [1.165, 1.54) is 30.3 Å². The molecule has 9 heteroatoms. The molecular weight excluding hydrogens is 464 g/mol. The van der Waals surface area contributed by atoms with Crippen LogP contribution in [0, 0.1) is 0 Å². The lowest BCUT2D eigenvalue weighted by atomic mass is 10.2. The molecular formula is C26H28N4O4S. The van der Waals surface area contributed by atoms with Gasteiger partial charge in [-0.15, -0.1) is 11.3 Å². The summed E-state index contributed by atoms with van der Waals surface area (Å²) in [7, 11) is 1.50. The maximum absolute atomic E-state index is 12.2. The van der Waals surface area contributed by atoms with Crippen molar-refractivity contribution in [2.45, 2.75) is 6.42 Å². The summed E-state index contributed by atoms with van der Waals surface area (Å²) in [5, 5.41) is 5.86. The van der Waals surface area contributed by atoms with Crippen molar-refractivity contribution >= 4 is 35.1 Å². The standard InChI is InChI=1S/C26H28N4O4S/c1-33-23-18-20(9-10-22(23)34-26(32)24-8-5-17-35-24)19-27-28-25(31)11-12-29-13-15-30(16-14-29)21-6-3-2-4-7-21/h2-10,17-19H,11-16H2,1H3,(H,28,31)/b27-19-. The van der Waals surface area contributed by atoms with E-state index in [0.717, 1.165) is 26.2 Å². The van der Waals surface area contributed by atoms with Crippen LogP contribution in [0.25, 0.3) is 0 Å². The molecule has 1 N–H and O–H groups in total. The number of nitrogens with zero attached hydrogens (tertiary/aromatic N) is 3. The van der Waals surface area contributed by atoms with Gasteiger partial charge in [-0.3, -0.25) is 9.69 Å². The molecule has 1 amide bonds. The maximum atomic E-state index is 12.2. The smallest absolute Gasteiger partial charge is 0.353 e. The molecule has 3 aromatic rings. The molecule has 0 atom stereocenters. The summed E-state index contributed by atoms with van der Waals surface area (Å²) < 4.78 is 10.8. The number of ether oxygens (including phenoxy) is 2. The molecule has 0 saturated carbocycles. The second kappa shape index (κ2) is 12.1. The van der Waals surface area contributed by atoms with Gasteiger partial charge in [0.2, 0.25) is 5.91 Å². The van der Waals surface area contributed by atoms with Crippen molar-refractivity contribution in [2.75, 3.05) is 44.7 Å². The minimum absolute atomic E-state index is 0.139. The van der Waals surface area contributed by atoms with Crippen LogP contribution in [0.3, 0.4) is 0 Å². The fourth-order valence-corrected chi connectivity index (χ4v) is 4.36. The lowest BCUT2D eigenvalue weighted by molar-refractivity contribution is -0.121. The summed E-state index contributed by atoms with van der Waals surface area (Å²) in [6.45, 7) is 4.44. The molecule has 2 heterocycles. The zero-order valence-corrected chi connectivity index (χ0v) is 20.4. The second-order valence-electron chi connectivity index (χ2n) is 7.98. The Balaban J connectivity index is 1.21. The summed E-state index contributed by atoms with van der Waals surface area (Å²) in [5.74, 6) is 0.146.